The van der Waals surface area contributed by atoms with Gasteiger partial charge in [-0.3, -0.25) is 14.5 Å². The van der Waals surface area contributed by atoms with Crippen LogP contribution < -0.4 is 5.32 Å². The van der Waals surface area contributed by atoms with Crippen LogP contribution in [0.2, 0.25) is 0 Å². The maximum atomic E-state index is 12.6. The molecule has 0 saturated carbocycles. The summed E-state index contributed by atoms with van der Waals surface area (Å²) < 4.78 is 10.3. The highest BCUT2D eigenvalue weighted by molar-refractivity contribution is 6.08. The number of carbonyl (C=O) groups is 3. The van der Waals surface area contributed by atoms with Crippen molar-refractivity contribution < 1.29 is 28.9 Å². The van der Waals surface area contributed by atoms with Crippen LogP contribution in [0.15, 0.2) is 22.8 Å². The van der Waals surface area contributed by atoms with Crippen LogP contribution in [0.4, 0.5) is 0 Å². The molecule has 2 saturated heterocycles. The van der Waals surface area contributed by atoms with Gasteiger partial charge in [-0.25, -0.2) is 4.79 Å². The molecule has 0 aliphatic carbocycles. The third kappa shape index (κ3) is 1.75. The second kappa shape index (κ2) is 4.95. The number of fused-ring (bicyclic) bond motifs is 1. The largest absolute Gasteiger partial charge is 0.464 e. The summed E-state index contributed by atoms with van der Waals surface area (Å²) in [5, 5.41) is 1.73. The van der Waals surface area contributed by atoms with E-state index < -0.39 is 29.4 Å². The number of likely N-dealkylation sites (tertiary alicyclic amines) is 1. The summed E-state index contributed by atoms with van der Waals surface area (Å²) in [6, 6.07) is 3.08. The Hall–Kier alpha value is -2.15. The molecule has 0 spiro atoms. The topological polar surface area (TPSA) is 93.4 Å². The first-order valence-corrected chi connectivity index (χ1v) is 7.28. The third-order valence-corrected chi connectivity index (χ3v) is 4.81. The molecule has 22 heavy (non-hydrogen) atoms. The maximum absolute atomic E-state index is 12.6. The van der Waals surface area contributed by atoms with Crippen molar-refractivity contribution in [2.45, 2.75) is 25.4 Å². The second-order valence-corrected chi connectivity index (χ2v) is 5.91. The Kier molecular flexibility index (Phi) is 3.32. The summed E-state index contributed by atoms with van der Waals surface area (Å²) in [6.07, 6.45) is 1.52. The lowest BCUT2D eigenvalue weighted by Crippen LogP contribution is -2.97. The number of quaternary nitrogens is 1. The van der Waals surface area contributed by atoms with Crippen molar-refractivity contribution in [3.05, 3.63) is 24.2 Å². The number of rotatable bonds is 3. The zero-order valence-electron chi connectivity index (χ0n) is 12.7. The van der Waals surface area contributed by atoms with Crippen LogP contribution in [0.3, 0.4) is 0 Å². The van der Waals surface area contributed by atoms with Crippen molar-refractivity contribution in [2.24, 2.45) is 11.8 Å². The smallest absolute Gasteiger partial charge is 0.368 e. The summed E-state index contributed by atoms with van der Waals surface area (Å²) in [5.74, 6) is -1.82. The molecule has 0 aromatic carbocycles. The average Bonchev–Trinajstić information content (AvgIpc) is 3.17. The van der Waals surface area contributed by atoms with E-state index in [0.29, 0.717) is 12.3 Å². The molecule has 2 N–H and O–H groups in total. The fourth-order valence-electron chi connectivity index (χ4n) is 3.79. The van der Waals surface area contributed by atoms with E-state index in [1.165, 1.54) is 18.3 Å². The molecule has 7 heteroatoms. The van der Waals surface area contributed by atoms with Crippen molar-refractivity contribution in [1.82, 2.24) is 4.90 Å². The van der Waals surface area contributed by atoms with Gasteiger partial charge >= 0.3 is 5.97 Å². The zero-order chi connectivity index (χ0) is 16.1. The molecule has 118 valence electrons. The first-order chi connectivity index (χ1) is 10.5. The van der Waals surface area contributed by atoms with Gasteiger partial charge in [0, 0.05) is 13.5 Å². The third-order valence-electron chi connectivity index (χ3n) is 4.81. The summed E-state index contributed by atoms with van der Waals surface area (Å²) >= 11 is 0. The Morgan fingerprint density at radius 3 is 2.73 bits per heavy atom. The van der Waals surface area contributed by atoms with E-state index >= 15 is 0 Å². The van der Waals surface area contributed by atoms with Gasteiger partial charge in [-0.15, -0.1) is 0 Å². The molecule has 2 aliphatic rings. The van der Waals surface area contributed by atoms with Crippen molar-refractivity contribution in [1.29, 1.82) is 0 Å². The van der Waals surface area contributed by atoms with Gasteiger partial charge in [0.25, 0.3) is 0 Å². The molecule has 2 fully saturated rings. The van der Waals surface area contributed by atoms with Gasteiger partial charge in [0.1, 0.15) is 11.8 Å². The molecule has 2 aliphatic heterocycles. The number of ether oxygens (including phenoxy) is 1. The van der Waals surface area contributed by atoms with Gasteiger partial charge in [-0.05, 0) is 19.1 Å². The predicted octanol–water partition coefficient (Wildman–Crippen LogP) is -0.549. The number of hydrogen-bond donors (Lipinski definition) is 1. The Morgan fingerprint density at radius 2 is 2.18 bits per heavy atom. The summed E-state index contributed by atoms with van der Waals surface area (Å²) in [6.45, 7) is 3.70. The summed E-state index contributed by atoms with van der Waals surface area (Å²) in [4.78, 5) is 38.7. The van der Waals surface area contributed by atoms with E-state index in [9.17, 15) is 14.4 Å². The molecular weight excluding hydrogens is 288 g/mol. The minimum atomic E-state index is -1.13. The number of nitrogens with zero attached hydrogens (tertiary/aromatic N) is 1. The molecule has 2 amide bonds. The average molecular weight is 307 g/mol. The number of furan rings is 1. The lowest BCUT2D eigenvalue weighted by molar-refractivity contribution is -0.732. The second-order valence-electron chi connectivity index (χ2n) is 5.91. The van der Waals surface area contributed by atoms with Gasteiger partial charge in [0.15, 0.2) is 11.8 Å². The van der Waals surface area contributed by atoms with Crippen LogP contribution >= 0.6 is 0 Å². The van der Waals surface area contributed by atoms with Crippen LogP contribution in [-0.2, 0) is 19.1 Å². The zero-order valence-corrected chi connectivity index (χ0v) is 12.7. The molecule has 1 aromatic heterocycles. The fourth-order valence-corrected chi connectivity index (χ4v) is 3.79. The van der Waals surface area contributed by atoms with Gasteiger partial charge < -0.3 is 14.5 Å². The number of imide groups is 1. The van der Waals surface area contributed by atoms with Crippen LogP contribution in [0.25, 0.3) is 0 Å². The van der Waals surface area contributed by atoms with E-state index in [1.54, 1.807) is 31.3 Å². The molecule has 0 bridgehead atoms. The van der Waals surface area contributed by atoms with Crippen LogP contribution in [-0.4, -0.2) is 41.9 Å². The Bertz CT molecular complexity index is 626. The molecule has 3 rings (SSSR count). The SMILES string of the molecule is CCN1C(=O)[C@H]2[C@@H](c3ccco3)[NH2+][C@@](C)(C(=O)OC)[C@@H]2C1=O. The van der Waals surface area contributed by atoms with Gasteiger partial charge in [0.05, 0.1) is 13.4 Å². The van der Waals surface area contributed by atoms with E-state index in [-0.39, 0.29) is 11.8 Å². The van der Waals surface area contributed by atoms with E-state index in [0.717, 1.165) is 0 Å². The van der Waals surface area contributed by atoms with Gasteiger partial charge in [-0.2, -0.15) is 0 Å². The normalized spacial score (nSPS) is 34.1. The first kappa shape index (κ1) is 14.8. The first-order valence-electron chi connectivity index (χ1n) is 7.28. The van der Waals surface area contributed by atoms with E-state index in [1.807, 2.05) is 0 Å². The monoisotopic (exact) mass is 307 g/mol. The van der Waals surface area contributed by atoms with Crippen molar-refractivity contribution in [3.8, 4) is 0 Å². The summed E-state index contributed by atoms with van der Waals surface area (Å²) in [7, 11) is 1.29. The minimum Gasteiger partial charge on any atom is -0.464 e. The number of hydrogen-bond acceptors (Lipinski definition) is 5. The number of methoxy groups -OCH3 is 1. The van der Waals surface area contributed by atoms with Crippen LogP contribution in [0.1, 0.15) is 25.6 Å². The van der Waals surface area contributed by atoms with Gasteiger partial charge in [-0.1, -0.05) is 0 Å². The Labute approximate surface area is 127 Å². The quantitative estimate of drug-likeness (QED) is 0.597. The van der Waals surface area contributed by atoms with Crippen LogP contribution in [0, 0.1) is 11.8 Å². The molecular formula is C15H19N2O5+. The van der Waals surface area contributed by atoms with Crippen LogP contribution in [0.5, 0.6) is 0 Å². The Morgan fingerprint density at radius 1 is 1.45 bits per heavy atom. The van der Waals surface area contributed by atoms with Crippen molar-refractivity contribution in [2.75, 3.05) is 13.7 Å². The molecule has 3 heterocycles. The van der Waals surface area contributed by atoms with Crippen molar-refractivity contribution >= 4 is 17.8 Å². The number of amides is 2. The highest BCUT2D eigenvalue weighted by Crippen LogP contribution is 2.44. The number of carbonyl (C=O) groups excluding carboxylic acids is 3. The molecule has 4 atom stereocenters. The van der Waals surface area contributed by atoms with Crippen molar-refractivity contribution in [3.63, 3.8) is 0 Å². The maximum Gasteiger partial charge on any atom is 0.368 e. The molecule has 7 nitrogen and oxygen atoms in total. The highest BCUT2D eigenvalue weighted by Gasteiger charge is 2.70. The van der Waals surface area contributed by atoms with Gasteiger partial charge in [0.2, 0.25) is 17.4 Å². The standard InChI is InChI=1S/C15H18N2O5/c1-4-17-12(18)9-10(13(17)19)15(2,14(20)21-3)16-11(9)8-6-5-7-22-8/h5-7,9-11,16H,4H2,1-3H3/p+1/t9-,10+,11-,15-/m1/s1. The van der Waals surface area contributed by atoms with E-state index in [4.69, 9.17) is 9.15 Å². The highest BCUT2D eigenvalue weighted by atomic mass is 16.5. The Balaban J connectivity index is 2.09. The molecule has 0 radical (unpaired) electrons. The number of nitrogens with two attached hydrogens (primary N) is 1. The predicted molar refractivity (Wildman–Crippen MR) is 73.2 cm³/mol. The molecule has 0 unspecified atom stereocenters. The fraction of sp³-hybridized carbons (Fsp3) is 0.533. The van der Waals surface area contributed by atoms with E-state index in [2.05, 4.69) is 0 Å². The number of esters is 1. The molecule has 1 aromatic rings. The summed E-state index contributed by atoms with van der Waals surface area (Å²) in [5.41, 5.74) is -1.13. The minimum absolute atomic E-state index is 0.247. The lowest BCUT2D eigenvalue weighted by atomic mass is 9.81. The lowest BCUT2D eigenvalue weighted by Gasteiger charge is -2.24.